The Morgan fingerprint density at radius 1 is 0.952 bits per heavy atom. The van der Waals surface area contributed by atoms with Gasteiger partial charge in [-0.25, -0.2) is 9.97 Å². The maximum atomic E-state index is 13.8. The highest BCUT2D eigenvalue weighted by atomic mass is 19.4. The number of benzene rings is 3. The van der Waals surface area contributed by atoms with Gasteiger partial charge in [0.05, 0.1) is 16.6 Å². The number of hydrogen-bond donors (Lipinski definition) is 3. The minimum absolute atomic E-state index is 0.114. The predicted molar refractivity (Wildman–Crippen MR) is 157 cm³/mol. The molecule has 1 fully saturated rings. The fourth-order valence-corrected chi connectivity index (χ4v) is 4.93. The number of nitrogen functional groups attached to an aromatic ring is 1. The summed E-state index contributed by atoms with van der Waals surface area (Å²) in [4.78, 5) is 38.7. The van der Waals surface area contributed by atoms with Crippen molar-refractivity contribution in [2.45, 2.75) is 20.0 Å². The molecule has 0 atom stereocenters. The molecule has 0 bridgehead atoms. The van der Waals surface area contributed by atoms with E-state index in [0.717, 1.165) is 31.8 Å². The summed E-state index contributed by atoms with van der Waals surface area (Å²) in [6, 6.07) is 13.3. The number of amides is 2. The maximum absolute atomic E-state index is 13.8. The molecule has 3 aromatic carbocycles. The van der Waals surface area contributed by atoms with E-state index in [1.165, 1.54) is 12.4 Å². The number of nitrogens with one attached hydrogen (secondary N) is 2. The quantitative estimate of drug-likeness (QED) is 0.289. The van der Waals surface area contributed by atoms with Crippen molar-refractivity contribution in [3.8, 4) is 0 Å². The minimum atomic E-state index is -4.62. The molecule has 4 N–H and O–H groups in total. The van der Waals surface area contributed by atoms with Crippen LogP contribution < -0.4 is 21.3 Å². The van der Waals surface area contributed by atoms with Crippen molar-refractivity contribution in [3.05, 3.63) is 83.2 Å². The molecule has 0 spiro atoms. The molecule has 218 valence electrons. The maximum Gasteiger partial charge on any atom is 0.416 e. The zero-order valence-corrected chi connectivity index (χ0v) is 23.1. The van der Waals surface area contributed by atoms with Gasteiger partial charge in [0.15, 0.2) is 0 Å². The van der Waals surface area contributed by atoms with Crippen LogP contribution in [0.25, 0.3) is 10.9 Å². The van der Waals surface area contributed by atoms with E-state index < -0.39 is 23.6 Å². The summed E-state index contributed by atoms with van der Waals surface area (Å²) in [7, 11) is 0. The van der Waals surface area contributed by atoms with Gasteiger partial charge < -0.3 is 26.2 Å². The number of nitrogens with two attached hydrogens (primary N) is 1. The van der Waals surface area contributed by atoms with E-state index >= 15 is 0 Å². The van der Waals surface area contributed by atoms with Crippen LogP contribution in [0.15, 0.2) is 60.9 Å². The van der Waals surface area contributed by atoms with Gasteiger partial charge in [0, 0.05) is 54.2 Å². The highest BCUT2D eigenvalue weighted by Gasteiger charge is 2.33. The molecule has 1 aromatic heterocycles. The summed E-state index contributed by atoms with van der Waals surface area (Å²) < 4.78 is 41.4. The predicted octanol–water partition coefficient (Wildman–Crippen LogP) is 5.19. The fraction of sp³-hybridized carbons (Fsp3) is 0.267. The Bertz CT molecular complexity index is 1650. The van der Waals surface area contributed by atoms with Crippen LogP contribution in [-0.4, -0.2) is 59.4 Å². The third-order valence-corrected chi connectivity index (χ3v) is 7.38. The summed E-state index contributed by atoms with van der Waals surface area (Å²) in [6.07, 6.45) is -3.34. The second-order valence-electron chi connectivity index (χ2n) is 10.1. The number of likely N-dealkylation sites (N-methyl/N-ethyl adjacent to an activating group) is 1. The monoisotopic (exact) mass is 577 g/mol. The van der Waals surface area contributed by atoms with Crippen LogP contribution in [0.4, 0.5) is 36.1 Å². The molecule has 12 heteroatoms. The smallest absolute Gasteiger partial charge is 0.383 e. The molecule has 0 saturated carbocycles. The lowest BCUT2D eigenvalue weighted by atomic mass is 10.1. The van der Waals surface area contributed by atoms with E-state index in [1.807, 2.05) is 11.8 Å². The van der Waals surface area contributed by atoms with Gasteiger partial charge >= 0.3 is 6.18 Å². The summed E-state index contributed by atoms with van der Waals surface area (Å²) in [6.45, 7) is 7.27. The molecule has 2 heterocycles. The number of alkyl halides is 3. The Morgan fingerprint density at radius 3 is 2.43 bits per heavy atom. The van der Waals surface area contributed by atoms with E-state index in [9.17, 15) is 22.8 Å². The molecule has 0 unspecified atom stereocenters. The zero-order chi connectivity index (χ0) is 30.0. The number of carbonyl (C=O) groups is 2. The van der Waals surface area contributed by atoms with E-state index in [0.29, 0.717) is 46.6 Å². The van der Waals surface area contributed by atoms with Crippen molar-refractivity contribution in [3.63, 3.8) is 0 Å². The molecule has 2 amide bonds. The number of aromatic nitrogens is 2. The number of fused-ring (bicyclic) bond motifs is 1. The van der Waals surface area contributed by atoms with Gasteiger partial charge in [0.1, 0.15) is 12.1 Å². The van der Waals surface area contributed by atoms with Crippen molar-refractivity contribution in [1.82, 2.24) is 14.9 Å². The highest BCUT2D eigenvalue weighted by molar-refractivity contribution is 6.13. The third-order valence-electron chi connectivity index (χ3n) is 7.38. The number of para-hydroxylation sites is 1. The lowest BCUT2D eigenvalue weighted by Gasteiger charge is -2.36. The van der Waals surface area contributed by atoms with Gasteiger partial charge in [-0.15, -0.1) is 0 Å². The topological polar surface area (TPSA) is 116 Å². The molecular weight excluding hydrogens is 547 g/mol. The van der Waals surface area contributed by atoms with Crippen molar-refractivity contribution in [2.75, 3.05) is 54.0 Å². The van der Waals surface area contributed by atoms with E-state index in [-0.39, 0.29) is 16.9 Å². The van der Waals surface area contributed by atoms with Crippen LogP contribution >= 0.6 is 0 Å². The summed E-state index contributed by atoms with van der Waals surface area (Å²) in [5.74, 6) is -0.899. The van der Waals surface area contributed by atoms with Gasteiger partial charge in [-0.2, -0.15) is 13.2 Å². The molecule has 42 heavy (non-hydrogen) atoms. The molecule has 9 nitrogen and oxygen atoms in total. The Balaban J connectivity index is 1.38. The first kappa shape index (κ1) is 28.8. The molecule has 4 aromatic rings. The molecular formula is C30H30F3N7O2. The van der Waals surface area contributed by atoms with E-state index in [4.69, 9.17) is 5.73 Å². The van der Waals surface area contributed by atoms with Crippen LogP contribution in [0, 0.1) is 6.92 Å². The van der Waals surface area contributed by atoms with Gasteiger partial charge in [0.2, 0.25) is 0 Å². The standard InChI is InChI=1S/C30H30F3N7O2/c1-3-39-9-11-40(12-10-39)22-14-19(13-20(15-22)30(31,32)33)28(41)37-21-8-7-18(2)25(16-21)38-29(42)24-6-4-5-23-26(24)35-17-36-27(23)34/h4-8,13-17H,3,9-12H2,1-2H3,(H,37,41)(H,38,42)(H2,34,35,36). The number of hydrogen-bond acceptors (Lipinski definition) is 7. The number of halogens is 3. The van der Waals surface area contributed by atoms with E-state index in [2.05, 4.69) is 25.5 Å². The van der Waals surface area contributed by atoms with Crippen LogP contribution in [0.2, 0.25) is 0 Å². The van der Waals surface area contributed by atoms with Crippen molar-refractivity contribution >= 4 is 45.6 Å². The molecule has 5 rings (SSSR count). The third kappa shape index (κ3) is 6.13. The van der Waals surface area contributed by atoms with Crippen LogP contribution in [0.1, 0.15) is 38.8 Å². The SMILES string of the molecule is CCN1CCN(c2cc(C(=O)Nc3ccc(C)c(NC(=O)c4cccc5c(N)ncnc45)c3)cc(C(F)(F)F)c2)CC1. The fourth-order valence-electron chi connectivity index (χ4n) is 4.93. The highest BCUT2D eigenvalue weighted by Crippen LogP contribution is 2.34. The molecule has 1 aliphatic rings. The molecule has 1 aliphatic heterocycles. The van der Waals surface area contributed by atoms with Crippen molar-refractivity contribution in [2.24, 2.45) is 0 Å². The largest absolute Gasteiger partial charge is 0.416 e. The van der Waals surface area contributed by atoms with Crippen molar-refractivity contribution < 1.29 is 22.8 Å². The zero-order valence-electron chi connectivity index (χ0n) is 23.1. The Hall–Kier alpha value is -4.71. The first-order valence-electron chi connectivity index (χ1n) is 13.5. The van der Waals surface area contributed by atoms with Crippen LogP contribution in [0.5, 0.6) is 0 Å². The van der Waals surface area contributed by atoms with Crippen LogP contribution in [0.3, 0.4) is 0 Å². The first-order valence-corrected chi connectivity index (χ1v) is 13.5. The Morgan fingerprint density at radius 2 is 1.71 bits per heavy atom. The Kier molecular flexibility index (Phi) is 7.99. The van der Waals surface area contributed by atoms with Crippen LogP contribution in [-0.2, 0) is 6.18 Å². The second kappa shape index (κ2) is 11.6. The lowest BCUT2D eigenvalue weighted by molar-refractivity contribution is -0.137. The normalized spacial score (nSPS) is 14.2. The lowest BCUT2D eigenvalue weighted by Crippen LogP contribution is -2.46. The summed E-state index contributed by atoms with van der Waals surface area (Å²) in [5.41, 5.74) is 7.37. The number of carbonyl (C=O) groups excluding carboxylic acids is 2. The number of piperazine rings is 1. The number of anilines is 4. The van der Waals surface area contributed by atoms with Gasteiger partial charge in [-0.1, -0.05) is 19.1 Å². The van der Waals surface area contributed by atoms with Gasteiger partial charge in [-0.3, -0.25) is 9.59 Å². The Labute approximate surface area is 240 Å². The van der Waals surface area contributed by atoms with Gasteiger partial charge in [-0.05, 0) is 61.5 Å². The molecule has 0 radical (unpaired) electrons. The van der Waals surface area contributed by atoms with Gasteiger partial charge in [0.25, 0.3) is 11.8 Å². The average molecular weight is 578 g/mol. The average Bonchev–Trinajstić information content (AvgIpc) is 2.98. The minimum Gasteiger partial charge on any atom is -0.383 e. The number of nitrogens with zero attached hydrogens (tertiary/aromatic N) is 4. The van der Waals surface area contributed by atoms with E-state index in [1.54, 1.807) is 43.3 Å². The molecule has 0 aliphatic carbocycles. The first-order chi connectivity index (χ1) is 20.0. The number of rotatable bonds is 6. The summed E-state index contributed by atoms with van der Waals surface area (Å²) in [5, 5.41) is 6.05. The number of aryl methyl sites for hydroxylation is 1. The molecule has 1 saturated heterocycles. The summed E-state index contributed by atoms with van der Waals surface area (Å²) >= 11 is 0. The van der Waals surface area contributed by atoms with Crippen molar-refractivity contribution in [1.29, 1.82) is 0 Å². The second-order valence-corrected chi connectivity index (χ2v) is 10.1.